The third-order valence-corrected chi connectivity index (χ3v) is 3.84. The number of tetrazole rings is 1. The number of hydrogen-bond donors (Lipinski definition) is 1. The van der Waals surface area contributed by atoms with Crippen LogP contribution in [0.2, 0.25) is 0 Å². The summed E-state index contributed by atoms with van der Waals surface area (Å²) in [6, 6.07) is 5.85. The summed E-state index contributed by atoms with van der Waals surface area (Å²) in [6.45, 7) is 6.58. The molecule has 6 heteroatoms. The molecule has 1 heterocycles. The largest absolute Gasteiger partial charge is 0.495 e. The Bertz CT molecular complexity index is 595. The molecule has 114 valence electrons. The number of nitrogen functional groups attached to an aromatic ring is 1. The minimum Gasteiger partial charge on any atom is -0.495 e. The van der Waals surface area contributed by atoms with E-state index in [1.54, 1.807) is 7.11 Å². The Labute approximate surface area is 125 Å². The normalized spacial score (nSPS) is 13.9. The van der Waals surface area contributed by atoms with Gasteiger partial charge in [0.05, 0.1) is 18.8 Å². The maximum atomic E-state index is 5.96. The van der Waals surface area contributed by atoms with Crippen LogP contribution in [0.4, 0.5) is 5.69 Å². The van der Waals surface area contributed by atoms with E-state index in [2.05, 4.69) is 36.3 Å². The molecule has 2 unspecified atom stereocenters. The smallest absolute Gasteiger partial charge is 0.182 e. The lowest BCUT2D eigenvalue weighted by Crippen LogP contribution is -2.12. The minimum atomic E-state index is 0.244. The van der Waals surface area contributed by atoms with Gasteiger partial charge in [0, 0.05) is 5.56 Å². The number of ether oxygens (including phenoxy) is 1. The summed E-state index contributed by atoms with van der Waals surface area (Å²) in [5.74, 6) is 2.03. The molecule has 0 aliphatic heterocycles. The Morgan fingerprint density at radius 1 is 1.33 bits per heavy atom. The van der Waals surface area contributed by atoms with Gasteiger partial charge in [0.2, 0.25) is 0 Å². The molecule has 2 N–H and O–H groups in total. The van der Waals surface area contributed by atoms with Crippen LogP contribution in [-0.2, 0) is 0 Å². The minimum absolute atomic E-state index is 0.244. The van der Waals surface area contributed by atoms with Gasteiger partial charge in [-0.15, -0.1) is 5.10 Å². The van der Waals surface area contributed by atoms with Crippen LogP contribution in [-0.4, -0.2) is 27.3 Å². The molecule has 2 rings (SSSR count). The molecular weight excluding hydrogens is 266 g/mol. The van der Waals surface area contributed by atoms with Crippen molar-refractivity contribution in [2.24, 2.45) is 5.92 Å². The summed E-state index contributed by atoms with van der Waals surface area (Å²) in [6.07, 6.45) is 2.19. The maximum absolute atomic E-state index is 5.96. The van der Waals surface area contributed by atoms with Crippen LogP contribution in [0.1, 0.15) is 39.7 Å². The Hall–Kier alpha value is -2.11. The lowest BCUT2D eigenvalue weighted by atomic mass is 10.0. The summed E-state index contributed by atoms with van der Waals surface area (Å²) >= 11 is 0. The third-order valence-electron chi connectivity index (χ3n) is 3.84. The van der Waals surface area contributed by atoms with Gasteiger partial charge in [-0.3, -0.25) is 0 Å². The van der Waals surface area contributed by atoms with E-state index in [0.717, 1.165) is 24.2 Å². The molecule has 0 aliphatic carbocycles. The average Bonchev–Trinajstić information content (AvgIpc) is 2.96. The van der Waals surface area contributed by atoms with Gasteiger partial charge >= 0.3 is 0 Å². The second kappa shape index (κ2) is 6.56. The molecule has 6 nitrogen and oxygen atoms in total. The van der Waals surface area contributed by atoms with Crippen molar-refractivity contribution >= 4 is 5.69 Å². The molecule has 0 saturated heterocycles. The van der Waals surface area contributed by atoms with Gasteiger partial charge in [-0.1, -0.05) is 20.3 Å². The van der Waals surface area contributed by atoms with Gasteiger partial charge < -0.3 is 10.5 Å². The quantitative estimate of drug-likeness (QED) is 0.827. The molecule has 1 aromatic heterocycles. The zero-order valence-corrected chi connectivity index (χ0v) is 13.1. The van der Waals surface area contributed by atoms with E-state index < -0.39 is 0 Å². The standard InChI is InChI=1S/C15H23N5O/c1-5-10(2)8-11(3)20-15(17-18-19-20)12-6-7-14(21-4)13(16)9-12/h6-7,9-11H,5,8,16H2,1-4H3. The highest BCUT2D eigenvalue weighted by Crippen LogP contribution is 2.29. The fourth-order valence-electron chi connectivity index (χ4n) is 2.40. The first-order valence-electron chi connectivity index (χ1n) is 7.28. The Morgan fingerprint density at radius 3 is 2.71 bits per heavy atom. The third kappa shape index (κ3) is 3.32. The number of hydrogen-bond acceptors (Lipinski definition) is 5. The summed E-state index contributed by atoms with van der Waals surface area (Å²) in [7, 11) is 1.60. The zero-order chi connectivity index (χ0) is 15.4. The van der Waals surface area contributed by atoms with E-state index in [9.17, 15) is 0 Å². The van der Waals surface area contributed by atoms with Crippen LogP contribution in [0.5, 0.6) is 5.75 Å². The second-order valence-corrected chi connectivity index (χ2v) is 5.50. The lowest BCUT2D eigenvalue weighted by Gasteiger charge is -2.17. The van der Waals surface area contributed by atoms with Crippen LogP contribution < -0.4 is 10.5 Å². The van der Waals surface area contributed by atoms with Gasteiger partial charge in [-0.05, 0) is 47.9 Å². The molecule has 0 amide bonds. The Kier molecular flexibility index (Phi) is 4.77. The zero-order valence-electron chi connectivity index (χ0n) is 13.1. The highest BCUT2D eigenvalue weighted by Gasteiger charge is 2.17. The van der Waals surface area contributed by atoms with E-state index in [1.807, 2.05) is 22.9 Å². The maximum Gasteiger partial charge on any atom is 0.182 e. The molecule has 2 atom stereocenters. The monoisotopic (exact) mass is 289 g/mol. The number of benzene rings is 1. The summed E-state index contributed by atoms with van der Waals surface area (Å²) in [5, 5.41) is 12.1. The van der Waals surface area contributed by atoms with Crippen molar-refractivity contribution in [3.8, 4) is 17.1 Å². The van der Waals surface area contributed by atoms with Crippen molar-refractivity contribution in [2.45, 2.75) is 39.7 Å². The molecule has 0 radical (unpaired) electrons. The van der Waals surface area contributed by atoms with E-state index in [-0.39, 0.29) is 6.04 Å². The van der Waals surface area contributed by atoms with Crippen LogP contribution in [0.3, 0.4) is 0 Å². The predicted molar refractivity (Wildman–Crippen MR) is 83.0 cm³/mol. The topological polar surface area (TPSA) is 78.8 Å². The van der Waals surface area contributed by atoms with Gasteiger partial charge in [-0.25, -0.2) is 4.68 Å². The molecule has 1 aromatic carbocycles. The fourth-order valence-corrected chi connectivity index (χ4v) is 2.40. The first-order valence-corrected chi connectivity index (χ1v) is 7.28. The van der Waals surface area contributed by atoms with Gasteiger partial charge in [0.15, 0.2) is 5.82 Å². The van der Waals surface area contributed by atoms with Gasteiger partial charge in [-0.2, -0.15) is 0 Å². The molecule has 0 fully saturated rings. The van der Waals surface area contributed by atoms with Crippen molar-refractivity contribution in [1.82, 2.24) is 20.2 Å². The van der Waals surface area contributed by atoms with Crippen molar-refractivity contribution in [3.63, 3.8) is 0 Å². The van der Waals surface area contributed by atoms with Crippen molar-refractivity contribution in [1.29, 1.82) is 0 Å². The van der Waals surface area contributed by atoms with Crippen molar-refractivity contribution < 1.29 is 4.74 Å². The van der Waals surface area contributed by atoms with Crippen LogP contribution in [0.15, 0.2) is 18.2 Å². The molecule has 0 aliphatic rings. The average molecular weight is 289 g/mol. The SMILES string of the molecule is CCC(C)CC(C)n1nnnc1-c1ccc(OC)c(N)c1. The Balaban J connectivity index is 2.29. The highest BCUT2D eigenvalue weighted by molar-refractivity contribution is 5.66. The van der Waals surface area contributed by atoms with E-state index in [1.165, 1.54) is 0 Å². The Morgan fingerprint density at radius 2 is 2.10 bits per heavy atom. The summed E-state index contributed by atoms with van der Waals surface area (Å²) in [5.41, 5.74) is 7.44. The lowest BCUT2D eigenvalue weighted by molar-refractivity contribution is 0.371. The molecular formula is C15H23N5O. The van der Waals surface area contributed by atoms with Crippen LogP contribution in [0.25, 0.3) is 11.4 Å². The van der Waals surface area contributed by atoms with Crippen molar-refractivity contribution in [2.75, 3.05) is 12.8 Å². The summed E-state index contributed by atoms with van der Waals surface area (Å²) < 4.78 is 7.05. The predicted octanol–water partition coefficient (Wildman–Crippen LogP) is 2.93. The van der Waals surface area contributed by atoms with Crippen molar-refractivity contribution in [3.05, 3.63) is 18.2 Å². The molecule has 2 aromatic rings. The first-order chi connectivity index (χ1) is 10.1. The van der Waals surface area contributed by atoms with E-state index in [0.29, 0.717) is 17.4 Å². The van der Waals surface area contributed by atoms with Crippen LogP contribution >= 0.6 is 0 Å². The summed E-state index contributed by atoms with van der Waals surface area (Å²) in [4.78, 5) is 0. The van der Waals surface area contributed by atoms with E-state index in [4.69, 9.17) is 10.5 Å². The molecule has 0 bridgehead atoms. The number of nitrogens with zero attached hydrogens (tertiary/aromatic N) is 4. The van der Waals surface area contributed by atoms with Gasteiger partial charge in [0.1, 0.15) is 5.75 Å². The number of aromatic nitrogens is 4. The number of methoxy groups -OCH3 is 1. The molecule has 21 heavy (non-hydrogen) atoms. The van der Waals surface area contributed by atoms with Gasteiger partial charge in [0.25, 0.3) is 0 Å². The number of anilines is 1. The van der Waals surface area contributed by atoms with E-state index >= 15 is 0 Å². The fraction of sp³-hybridized carbons (Fsp3) is 0.533. The number of rotatable bonds is 6. The van der Waals surface area contributed by atoms with Crippen LogP contribution in [0, 0.1) is 5.92 Å². The highest BCUT2D eigenvalue weighted by atomic mass is 16.5. The second-order valence-electron chi connectivity index (χ2n) is 5.50. The first kappa shape index (κ1) is 15.3. The molecule has 0 spiro atoms. The molecule has 0 saturated carbocycles. The number of nitrogens with two attached hydrogens (primary N) is 1.